The van der Waals surface area contributed by atoms with Gasteiger partial charge in [0, 0.05) is 30.7 Å². The van der Waals surface area contributed by atoms with Gasteiger partial charge in [0.1, 0.15) is 11.9 Å². The summed E-state index contributed by atoms with van der Waals surface area (Å²) in [5, 5.41) is 32.1. The average molecular weight is 366 g/mol. The lowest BCUT2D eigenvalue weighted by atomic mass is 9.77. The maximum atomic E-state index is 11.9. The second-order valence-electron chi connectivity index (χ2n) is 7.99. The van der Waals surface area contributed by atoms with Gasteiger partial charge in [-0.2, -0.15) is 0 Å². The quantitative estimate of drug-likeness (QED) is 0.622. The highest BCUT2D eigenvalue weighted by atomic mass is 16.6. The number of carboxylic acid groups (broad SMARTS) is 1. The zero-order valence-electron chi connectivity index (χ0n) is 15.7. The van der Waals surface area contributed by atoms with E-state index in [0.717, 1.165) is 0 Å². The van der Waals surface area contributed by atoms with Crippen LogP contribution in [0.3, 0.4) is 0 Å². The smallest absolute Gasteiger partial charge is 0.408 e. The minimum atomic E-state index is -1.27. The number of nitro groups is 1. The van der Waals surface area contributed by atoms with Crippen LogP contribution in [-0.4, -0.2) is 61.4 Å². The highest BCUT2D eigenvalue weighted by Crippen LogP contribution is 2.38. The minimum absolute atomic E-state index is 0.141. The van der Waals surface area contributed by atoms with Crippen molar-refractivity contribution < 1.29 is 19.9 Å². The first-order chi connectivity index (χ1) is 11.9. The Kier molecular flexibility index (Phi) is 5.14. The van der Waals surface area contributed by atoms with Gasteiger partial charge in [-0.3, -0.25) is 20.0 Å². The summed E-state index contributed by atoms with van der Waals surface area (Å²) in [6, 6.07) is 0.793. The summed E-state index contributed by atoms with van der Waals surface area (Å²) in [6.45, 7) is 9.23. The van der Waals surface area contributed by atoms with Gasteiger partial charge in [0.25, 0.3) is 0 Å². The Hall–Kier alpha value is -2.42. The molecule has 0 bridgehead atoms. The summed E-state index contributed by atoms with van der Waals surface area (Å²) >= 11 is 0. The third kappa shape index (κ3) is 3.57. The highest BCUT2D eigenvalue weighted by molar-refractivity contribution is 5.68. The van der Waals surface area contributed by atoms with Gasteiger partial charge < -0.3 is 15.1 Å². The van der Waals surface area contributed by atoms with E-state index in [2.05, 4.69) is 4.98 Å². The molecule has 1 aromatic rings. The number of piperidine rings is 1. The molecule has 0 saturated carbocycles. The van der Waals surface area contributed by atoms with E-state index >= 15 is 0 Å². The molecule has 9 nitrogen and oxygen atoms in total. The fraction of sp³-hybridized carbons (Fsp3) is 0.647. The van der Waals surface area contributed by atoms with Crippen LogP contribution in [-0.2, 0) is 0 Å². The molecule has 2 heterocycles. The van der Waals surface area contributed by atoms with Crippen LogP contribution in [0.4, 0.5) is 16.2 Å². The molecule has 0 spiro atoms. The molecule has 1 saturated heterocycles. The van der Waals surface area contributed by atoms with E-state index in [1.54, 1.807) is 38.7 Å². The third-order valence-corrected chi connectivity index (χ3v) is 5.12. The fourth-order valence-corrected chi connectivity index (χ4v) is 3.53. The molecule has 26 heavy (non-hydrogen) atoms. The number of nitrogens with zero attached hydrogens (tertiary/aromatic N) is 4. The molecule has 9 heteroatoms. The number of rotatable bonds is 3. The maximum absolute atomic E-state index is 11.9. The van der Waals surface area contributed by atoms with E-state index in [0.29, 0.717) is 12.2 Å². The molecule has 3 atom stereocenters. The Morgan fingerprint density at radius 2 is 2.08 bits per heavy atom. The first kappa shape index (κ1) is 19.9. The largest absolute Gasteiger partial charge is 0.465 e. The summed E-state index contributed by atoms with van der Waals surface area (Å²) < 4.78 is 0. The average Bonchev–Trinajstić information content (AvgIpc) is 2.50. The monoisotopic (exact) mass is 366 g/mol. The number of anilines is 1. The van der Waals surface area contributed by atoms with Crippen molar-refractivity contribution in [2.75, 3.05) is 18.0 Å². The molecule has 0 aliphatic carbocycles. The number of hydrogen-bond donors (Lipinski definition) is 2. The van der Waals surface area contributed by atoms with Crippen molar-refractivity contribution in [2.24, 2.45) is 5.92 Å². The van der Waals surface area contributed by atoms with Gasteiger partial charge in [0.05, 0.1) is 16.6 Å². The molecule has 1 aliphatic heterocycles. The molecule has 1 fully saturated rings. The van der Waals surface area contributed by atoms with Gasteiger partial charge in [-0.25, -0.2) is 4.79 Å². The van der Waals surface area contributed by atoms with E-state index in [9.17, 15) is 25.1 Å². The molecule has 0 radical (unpaired) electrons. The second kappa shape index (κ2) is 6.71. The number of aromatic nitrogens is 1. The molecular formula is C17H26N4O5. The molecule has 0 aromatic carbocycles. The Balaban J connectivity index is 2.50. The molecule has 0 unspecified atom stereocenters. The predicted octanol–water partition coefficient (Wildman–Crippen LogP) is 2.34. The van der Waals surface area contributed by atoms with Gasteiger partial charge in [0.2, 0.25) is 0 Å². The van der Waals surface area contributed by atoms with E-state index in [4.69, 9.17) is 0 Å². The van der Waals surface area contributed by atoms with Crippen LogP contribution < -0.4 is 4.90 Å². The molecule has 2 N–H and O–H groups in total. The van der Waals surface area contributed by atoms with Gasteiger partial charge >= 0.3 is 11.8 Å². The van der Waals surface area contributed by atoms with Crippen LogP contribution in [0.15, 0.2) is 18.5 Å². The van der Waals surface area contributed by atoms with Crippen LogP contribution in [0.5, 0.6) is 0 Å². The lowest BCUT2D eigenvalue weighted by Crippen LogP contribution is -2.69. The zero-order chi connectivity index (χ0) is 19.9. The maximum Gasteiger partial charge on any atom is 0.408 e. The van der Waals surface area contributed by atoms with Crippen LogP contribution in [0.1, 0.15) is 34.6 Å². The zero-order valence-corrected chi connectivity index (χ0v) is 15.7. The van der Waals surface area contributed by atoms with Crippen LogP contribution in [0.25, 0.3) is 0 Å². The summed E-state index contributed by atoms with van der Waals surface area (Å²) in [5.74, 6) is -0.307. The van der Waals surface area contributed by atoms with Crippen LogP contribution in [0.2, 0.25) is 0 Å². The number of pyridine rings is 1. The predicted molar refractivity (Wildman–Crippen MR) is 96.3 cm³/mol. The van der Waals surface area contributed by atoms with Crippen LogP contribution in [0, 0.1) is 16.0 Å². The number of hydrogen-bond acceptors (Lipinski definition) is 6. The fourth-order valence-electron chi connectivity index (χ4n) is 3.53. The van der Waals surface area contributed by atoms with Gasteiger partial charge in [-0.1, -0.05) is 6.92 Å². The van der Waals surface area contributed by atoms with E-state index < -0.39 is 28.2 Å². The first-order valence-corrected chi connectivity index (χ1v) is 8.45. The molecule has 2 rings (SSSR count). The van der Waals surface area contributed by atoms with Crippen molar-refractivity contribution >= 4 is 17.5 Å². The topological polar surface area (TPSA) is 120 Å². The molecule has 1 amide bonds. The Bertz CT molecular complexity index is 701. The Labute approximate surface area is 152 Å². The molecule has 1 aliphatic rings. The van der Waals surface area contributed by atoms with Crippen molar-refractivity contribution in [3.05, 3.63) is 28.6 Å². The summed E-state index contributed by atoms with van der Waals surface area (Å²) in [6.07, 6.45) is 1.51. The van der Waals surface area contributed by atoms with E-state index in [-0.39, 0.29) is 18.2 Å². The van der Waals surface area contributed by atoms with Crippen molar-refractivity contribution in [2.45, 2.75) is 51.8 Å². The number of amides is 1. The Morgan fingerprint density at radius 1 is 1.46 bits per heavy atom. The van der Waals surface area contributed by atoms with Gasteiger partial charge in [-0.05, 0) is 33.8 Å². The molecule has 1 aromatic heterocycles. The Morgan fingerprint density at radius 3 is 2.58 bits per heavy atom. The van der Waals surface area contributed by atoms with Gasteiger partial charge in [-0.15, -0.1) is 0 Å². The van der Waals surface area contributed by atoms with Crippen molar-refractivity contribution in [1.29, 1.82) is 0 Å². The third-order valence-electron chi connectivity index (χ3n) is 5.12. The van der Waals surface area contributed by atoms with Crippen molar-refractivity contribution in [3.63, 3.8) is 0 Å². The molecule has 144 valence electrons. The van der Waals surface area contributed by atoms with Gasteiger partial charge in [0.15, 0.2) is 0 Å². The summed E-state index contributed by atoms with van der Waals surface area (Å²) in [7, 11) is 0. The number of aliphatic hydroxyl groups is 1. The van der Waals surface area contributed by atoms with Crippen molar-refractivity contribution in [1.82, 2.24) is 9.88 Å². The lowest BCUT2D eigenvalue weighted by molar-refractivity contribution is -0.384. The highest BCUT2D eigenvalue weighted by Gasteiger charge is 2.50. The van der Waals surface area contributed by atoms with Crippen LogP contribution >= 0.6 is 0 Å². The van der Waals surface area contributed by atoms with E-state index in [1.807, 2.05) is 6.92 Å². The van der Waals surface area contributed by atoms with Crippen molar-refractivity contribution in [3.8, 4) is 0 Å². The second-order valence-corrected chi connectivity index (χ2v) is 7.99. The lowest BCUT2D eigenvalue weighted by Gasteiger charge is -2.53. The number of carbonyl (C=O) groups is 1. The summed E-state index contributed by atoms with van der Waals surface area (Å²) in [4.78, 5) is 29.6. The normalized spacial score (nSPS) is 26.5. The van der Waals surface area contributed by atoms with E-state index in [1.165, 1.54) is 17.3 Å². The standard InChI is InChI=1S/C17H26N4O5/c1-11-9-19(12-6-7-18-8-13(12)21(25)26)10-14(17(11,5)24)20(15(22)23)16(2,3)4/h6-8,11,14,24H,9-10H2,1-5H3,(H,22,23)/t11-,14+,17+/m0/s1. The summed E-state index contributed by atoms with van der Waals surface area (Å²) in [5.41, 5.74) is -1.79. The first-order valence-electron chi connectivity index (χ1n) is 8.45. The minimum Gasteiger partial charge on any atom is -0.465 e. The SMILES string of the molecule is C[C@H]1CN(c2ccncc2[N+](=O)[O-])C[C@@H](N(C(=O)O)C(C)(C)C)[C@]1(C)O. The molecular weight excluding hydrogens is 340 g/mol.